The molecule has 0 saturated heterocycles. The van der Waals surface area contributed by atoms with E-state index in [0.717, 1.165) is 0 Å². The standard InChI is InChI=1S/C10H12N2/c1-8-7-10(12-11-8)9-5-3-2-4-6-9/h2-7,10-12H,1H3. The molecule has 0 amide bonds. The number of hydrogen-bond donors (Lipinski definition) is 2. The highest BCUT2D eigenvalue weighted by Crippen LogP contribution is 2.17. The van der Waals surface area contributed by atoms with Gasteiger partial charge in [0.25, 0.3) is 0 Å². The first-order valence-electron chi connectivity index (χ1n) is 4.11. The summed E-state index contributed by atoms with van der Waals surface area (Å²) in [6.45, 7) is 2.05. The van der Waals surface area contributed by atoms with Crippen molar-refractivity contribution in [2.45, 2.75) is 13.0 Å². The van der Waals surface area contributed by atoms with E-state index < -0.39 is 0 Å². The van der Waals surface area contributed by atoms with Crippen LogP contribution in [0.25, 0.3) is 0 Å². The van der Waals surface area contributed by atoms with Crippen LogP contribution < -0.4 is 10.9 Å². The second-order valence-electron chi connectivity index (χ2n) is 3.01. The molecule has 2 rings (SSSR count). The molecule has 0 radical (unpaired) electrons. The van der Waals surface area contributed by atoms with Gasteiger partial charge >= 0.3 is 0 Å². The second-order valence-corrected chi connectivity index (χ2v) is 3.01. The molecule has 0 fully saturated rings. The lowest BCUT2D eigenvalue weighted by Gasteiger charge is -2.07. The second kappa shape index (κ2) is 2.99. The summed E-state index contributed by atoms with van der Waals surface area (Å²) in [5, 5.41) is 0. The molecule has 2 heteroatoms. The van der Waals surface area contributed by atoms with Gasteiger partial charge in [-0.15, -0.1) is 0 Å². The molecular weight excluding hydrogens is 148 g/mol. The third-order valence-electron chi connectivity index (χ3n) is 2.00. The smallest absolute Gasteiger partial charge is 0.0710 e. The highest BCUT2D eigenvalue weighted by molar-refractivity contribution is 5.26. The van der Waals surface area contributed by atoms with Crippen LogP contribution in [0.5, 0.6) is 0 Å². The Balaban J connectivity index is 2.22. The van der Waals surface area contributed by atoms with E-state index in [-0.39, 0.29) is 0 Å². The topological polar surface area (TPSA) is 24.1 Å². The molecule has 1 aliphatic heterocycles. The molecule has 1 atom stereocenters. The van der Waals surface area contributed by atoms with Gasteiger partial charge in [-0.2, -0.15) is 0 Å². The Morgan fingerprint density at radius 3 is 2.50 bits per heavy atom. The Kier molecular flexibility index (Phi) is 1.84. The van der Waals surface area contributed by atoms with Crippen molar-refractivity contribution in [3.05, 3.63) is 47.7 Å². The molecule has 1 heterocycles. The summed E-state index contributed by atoms with van der Waals surface area (Å²) in [5.74, 6) is 0. The van der Waals surface area contributed by atoms with Crippen LogP contribution in [0, 0.1) is 0 Å². The summed E-state index contributed by atoms with van der Waals surface area (Å²) in [6.07, 6.45) is 2.18. The number of allylic oxidation sites excluding steroid dienone is 1. The maximum absolute atomic E-state index is 3.18. The Hall–Kier alpha value is -1.28. The fraction of sp³-hybridized carbons (Fsp3) is 0.200. The summed E-state index contributed by atoms with van der Waals surface area (Å²) in [6, 6.07) is 10.7. The van der Waals surface area contributed by atoms with Gasteiger partial charge in [0.15, 0.2) is 0 Å². The summed E-state index contributed by atoms with van der Waals surface area (Å²) in [7, 11) is 0. The van der Waals surface area contributed by atoms with Gasteiger partial charge in [-0.3, -0.25) is 0 Å². The van der Waals surface area contributed by atoms with Crippen molar-refractivity contribution in [3.8, 4) is 0 Å². The highest BCUT2D eigenvalue weighted by atomic mass is 15.4. The highest BCUT2D eigenvalue weighted by Gasteiger charge is 2.12. The van der Waals surface area contributed by atoms with Crippen molar-refractivity contribution in [2.24, 2.45) is 0 Å². The molecule has 1 aromatic rings. The van der Waals surface area contributed by atoms with E-state index in [2.05, 4.69) is 48.1 Å². The van der Waals surface area contributed by atoms with Crippen molar-refractivity contribution < 1.29 is 0 Å². The van der Waals surface area contributed by atoms with Gasteiger partial charge in [-0.25, -0.2) is 5.43 Å². The van der Waals surface area contributed by atoms with Crippen LogP contribution in [0.4, 0.5) is 0 Å². The van der Waals surface area contributed by atoms with Crippen molar-refractivity contribution in [1.29, 1.82) is 0 Å². The van der Waals surface area contributed by atoms with E-state index in [1.807, 2.05) is 6.07 Å². The zero-order chi connectivity index (χ0) is 8.39. The molecule has 0 aliphatic carbocycles. The first kappa shape index (κ1) is 7.37. The lowest BCUT2D eigenvalue weighted by atomic mass is 10.1. The van der Waals surface area contributed by atoms with Crippen LogP contribution in [-0.4, -0.2) is 0 Å². The predicted molar refractivity (Wildman–Crippen MR) is 49.2 cm³/mol. The van der Waals surface area contributed by atoms with E-state index in [0.29, 0.717) is 6.04 Å². The SMILES string of the molecule is CC1=CC(c2ccccc2)NN1. The summed E-state index contributed by atoms with van der Waals surface area (Å²) in [5.41, 5.74) is 8.74. The van der Waals surface area contributed by atoms with Crippen LogP contribution in [0.3, 0.4) is 0 Å². The minimum absolute atomic E-state index is 0.325. The van der Waals surface area contributed by atoms with E-state index in [4.69, 9.17) is 0 Å². The molecule has 0 aromatic heterocycles. The maximum atomic E-state index is 3.18. The van der Waals surface area contributed by atoms with E-state index in [9.17, 15) is 0 Å². The molecule has 2 N–H and O–H groups in total. The Morgan fingerprint density at radius 1 is 1.17 bits per heavy atom. The van der Waals surface area contributed by atoms with Crippen molar-refractivity contribution in [1.82, 2.24) is 10.9 Å². The number of hydrogen-bond acceptors (Lipinski definition) is 2. The molecule has 1 aliphatic rings. The van der Waals surface area contributed by atoms with E-state index in [1.54, 1.807) is 0 Å². The normalized spacial score (nSPS) is 21.8. The number of nitrogens with one attached hydrogen (secondary N) is 2. The van der Waals surface area contributed by atoms with Gasteiger partial charge < -0.3 is 5.43 Å². The molecule has 0 bridgehead atoms. The molecule has 1 unspecified atom stereocenters. The maximum Gasteiger partial charge on any atom is 0.0710 e. The minimum atomic E-state index is 0.325. The number of hydrazine groups is 1. The van der Waals surface area contributed by atoms with Gasteiger partial charge in [0, 0.05) is 5.70 Å². The molecular formula is C10H12N2. The molecule has 62 valence electrons. The third-order valence-corrected chi connectivity index (χ3v) is 2.00. The van der Waals surface area contributed by atoms with Gasteiger partial charge in [0.2, 0.25) is 0 Å². The quantitative estimate of drug-likeness (QED) is 0.654. The first-order valence-corrected chi connectivity index (χ1v) is 4.11. The van der Waals surface area contributed by atoms with Crippen molar-refractivity contribution in [3.63, 3.8) is 0 Å². The fourth-order valence-corrected chi connectivity index (χ4v) is 1.36. The minimum Gasteiger partial charge on any atom is -0.325 e. The van der Waals surface area contributed by atoms with Gasteiger partial charge in [0.05, 0.1) is 6.04 Å². The molecule has 12 heavy (non-hydrogen) atoms. The van der Waals surface area contributed by atoms with Crippen LogP contribution in [-0.2, 0) is 0 Å². The average molecular weight is 160 g/mol. The van der Waals surface area contributed by atoms with Crippen LogP contribution >= 0.6 is 0 Å². The monoisotopic (exact) mass is 160 g/mol. The summed E-state index contributed by atoms with van der Waals surface area (Å²) in [4.78, 5) is 0. The van der Waals surface area contributed by atoms with Gasteiger partial charge in [0.1, 0.15) is 0 Å². The number of benzene rings is 1. The van der Waals surface area contributed by atoms with Gasteiger partial charge in [-0.1, -0.05) is 30.3 Å². The van der Waals surface area contributed by atoms with E-state index >= 15 is 0 Å². The van der Waals surface area contributed by atoms with Crippen molar-refractivity contribution in [2.75, 3.05) is 0 Å². The Morgan fingerprint density at radius 2 is 1.92 bits per heavy atom. The van der Waals surface area contributed by atoms with Gasteiger partial charge in [-0.05, 0) is 18.6 Å². The average Bonchev–Trinajstić information content (AvgIpc) is 2.54. The Bertz CT molecular complexity index is 290. The molecule has 0 saturated carbocycles. The summed E-state index contributed by atoms with van der Waals surface area (Å²) >= 11 is 0. The number of rotatable bonds is 1. The van der Waals surface area contributed by atoms with Crippen LogP contribution in [0.15, 0.2) is 42.1 Å². The Labute approximate surface area is 72.3 Å². The zero-order valence-electron chi connectivity index (χ0n) is 7.04. The zero-order valence-corrected chi connectivity index (χ0v) is 7.04. The lowest BCUT2D eigenvalue weighted by Crippen LogP contribution is -2.25. The van der Waals surface area contributed by atoms with E-state index in [1.165, 1.54) is 11.3 Å². The summed E-state index contributed by atoms with van der Waals surface area (Å²) < 4.78 is 0. The van der Waals surface area contributed by atoms with Crippen molar-refractivity contribution >= 4 is 0 Å². The fourth-order valence-electron chi connectivity index (χ4n) is 1.36. The first-order chi connectivity index (χ1) is 5.86. The molecule has 1 aromatic carbocycles. The lowest BCUT2D eigenvalue weighted by molar-refractivity contribution is 0.597. The van der Waals surface area contributed by atoms with Crippen LogP contribution in [0.1, 0.15) is 18.5 Å². The molecule has 0 spiro atoms. The molecule has 2 nitrogen and oxygen atoms in total. The third kappa shape index (κ3) is 1.34. The van der Waals surface area contributed by atoms with Crippen LogP contribution in [0.2, 0.25) is 0 Å². The largest absolute Gasteiger partial charge is 0.325 e. The predicted octanol–water partition coefficient (Wildman–Crippen LogP) is 1.74.